The number of carbonyl (C=O) groups is 1. The molecule has 39 heavy (non-hydrogen) atoms. The summed E-state index contributed by atoms with van der Waals surface area (Å²) < 4.78 is 45.2. The number of carbonyl (C=O) groups excluding carboxylic acids is 1. The van der Waals surface area contributed by atoms with Gasteiger partial charge in [0.1, 0.15) is 17.7 Å². The first-order valence-electron chi connectivity index (χ1n) is 12.8. The van der Waals surface area contributed by atoms with Gasteiger partial charge in [-0.25, -0.2) is 22.8 Å². The smallest absolute Gasteiger partial charge is 0.239 e. The van der Waals surface area contributed by atoms with Crippen molar-refractivity contribution < 1.29 is 22.3 Å². The van der Waals surface area contributed by atoms with E-state index in [2.05, 4.69) is 24.7 Å². The maximum atomic E-state index is 13.5. The summed E-state index contributed by atoms with van der Waals surface area (Å²) in [6.45, 7) is 4.68. The molecule has 0 atom stereocenters. The molecular formula is C28H30FN5O4S. The van der Waals surface area contributed by atoms with Crippen LogP contribution in [0.25, 0.3) is 33.7 Å². The van der Waals surface area contributed by atoms with Crippen molar-refractivity contribution in [2.24, 2.45) is 5.92 Å². The van der Waals surface area contributed by atoms with Gasteiger partial charge >= 0.3 is 0 Å². The van der Waals surface area contributed by atoms with Crippen LogP contribution in [0.4, 0.5) is 4.39 Å². The van der Waals surface area contributed by atoms with Crippen LogP contribution in [0.5, 0.6) is 5.88 Å². The summed E-state index contributed by atoms with van der Waals surface area (Å²) in [5, 5.41) is 0. The number of nitrogens with zero attached hydrogens (tertiary/aromatic N) is 3. The number of nitrogens with one attached hydrogen (secondary N) is 2. The Morgan fingerprint density at radius 1 is 1.00 bits per heavy atom. The third-order valence-corrected chi connectivity index (χ3v) is 8.97. The molecular weight excluding hydrogens is 521 g/mol. The highest BCUT2D eigenvalue weighted by Gasteiger charge is 2.34. The van der Waals surface area contributed by atoms with Crippen LogP contribution < -0.4 is 9.46 Å². The van der Waals surface area contributed by atoms with E-state index in [4.69, 9.17) is 4.74 Å². The van der Waals surface area contributed by atoms with Crippen molar-refractivity contribution in [2.45, 2.75) is 57.3 Å². The van der Waals surface area contributed by atoms with Crippen LogP contribution in [-0.4, -0.2) is 45.1 Å². The minimum Gasteiger partial charge on any atom is -0.474 e. The van der Waals surface area contributed by atoms with Gasteiger partial charge in [-0.2, -0.15) is 0 Å². The summed E-state index contributed by atoms with van der Waals surface area (Å²) in [4.78, 5) is 29.0. The predicted octanol–water partition coefficient (Wildman–Crippen LogP) is 5.01. The Hall–Kier alpha value is -3.86. The molecule has 1 aromatic carbocycles. The number of aromatic amines is 1. The van der Waals surface area contributed by atoms with Crippen molar-refractivity contribution >= 4 is 27.0 Å². The fourth-order valence-electron chi connectivity index (χ4n) is 4.41. The van der Waals surface area contributed by atoms with Crippen LogP contribution in [0.1, 0.15) is 46.5 Å². The Morgan fingerprint density at radius 2 is 1.72 bits per heavy atom. The van der Waals surface area contributed by atoms with E-state index in [-0.39, 0.29) is 17.8 Å². The molecule has 1 fully saturated rings. The van der Waals surface area contributed by atoms with Crippen molar-refractivity contribution in [3.63, 3.8) is 0 Å². The standard InChI is InChI=1S/C28H30FN5O4S/c1-28(2,3)39(36,37)34-27(35)17-4-9-21(10-5-17)38-25-13-7-18(15-31-25)22-11-6-19(16-30-22)26-32-23-12-8-20(29)14-24(23)33-26/h6-8,11-17,21H,4-5,9-10H2,1-3H3,(H,32,33)(H,34,35). The van der Waals surface area contributed by atoms with E-state index in [0.717, 1.165) is 16.8 Å². The molecule has 1 aliphatic rings. The van der Waals surface area contributed by atoms with Crippen molar-refractivity contribution in [3.05, 3.63) is 60.7 Å². The Kier molecular flexibility index (Phi) is 7.11. The molecule has 4 aromatic rings. The minimum absolute atomic E-state index is 0.0960. The van der Waals surface area contributed by atoms with E-state index in [1.54, 1.807) is 45.3 Å². The molecule has 3 aromatic heterocycles. The lowest BCUT2D eigenvalue weighted by molar-refractivity contribution is -0.124. The normalized spacial score (nSPS) is 18.2. The number of amides is 1. The lowest BCUT2D eigenvalue weighted by Gasteiger charge is -2.29. The molecule has 0 radical (unpaired) electrons. The zero-order chi connectivity index (χ0) is 27.8. The van der Waals surface area contributed by atoms with Crippen LogP contribution >= 0.6 is 0 Å². The molecule has 1 amide bonds. The molecule has 11 heteroatoms. The van der Waals surface area contributed by atoms with Gasteiger partial charge in [-0.05, 0) is 82.9 Å². The second kappa shape index (κ2) is 10.4. The van der Waals surface area contributed by atoms with E-state index < -0.39 is 20.7 Å². The molecule has 0 spiro atoms. The van der Waals surface area contributed by atoms with Crippen LogP contribution in [0.15, 0.2) is 54.9 Å². The number of pyridine rings is 2. The zero-order valence-electron chi connectivity index (χ0n) is 21.9. The third kappa shape index (κ3) is 5.93. The molecule has 0 unspecified atom stereocenters. The molecule has 0 aliphatic heterocycles. The van der Waals surface area contributed by atoms with E-state index in [1.165, 1.54) is 12.1 Å². The first-order valence-corrected chi connectivity index (χ1v) is 14.3. The molecule has 1 saturated carbocycles. The summed E-state index contributed by atoms with van der Waals surface area (Å²) in [6, 6.07) is 11.8. The summed E-state index contributed by atoms with van der Waals surface area (Å²) in [6.07, 6.45) is 5.66. The number of fused-ring (bicyclic) bond motifs is 1. The molecule has 5 rings (SSSR count). The quantitative estimate of drug-likeness (QED) is 0.345. The molecule has 204 valence electrons. The molecule has 9 nitrogen and oxygen atoms in total. The number of aromatic nitrogens is 4. The van der Waals surface area contributed by atoms with E-state index in [1.807, 2.05) is 18.2 Å². The number of sulfonamides is 1. The van der Waals surface area contributed by atoms with E-state index >= 15 is 0 Å². The van der Waals surface area contributed by atoms with Gasteiger partial charge in [0, 0.05) is 35.5 Å². The average molecular weight is 552 g/mol. The summed E-state index contributed by atoms with van der Waals surface area (Å²) in [5.74, 6) is -0.0336. The van der Waals surface area contributed by atoms with Gasteiger partial charge in [0.05, 0.1) is 21.5 Å². The van der Waals surface area contributed by atoms with Crippen molar-refractivity contribution in [1.29, 1.82) is 0 Å². The molecule has 1 aliphatic carbocycles. The van der Waals surface area contributed by atoms with Crippen LogP contribution in [0, 0.1) is 11.7 Å². The molecule has 0 saturated heterocycles. The first-order chi connectivity index (χ1) is 18.5. The zero-order valence-corrected chi connectivity index (χ0v) is 22.8. The van der Waals surface area contributed by atoms with Gasteiger partial charge in [-0.1, -0.05) is 0 Å². The van der Waals surface area contributed by atoms with Crippen molar-refractivity contribution in [3.8, 4) is 28.5 Å². The van der Waals surface area contributed by atoms with E-state index in [9.17, 15) is 17.6 Å². The number of benzene rings is 1. The maximum Gasteiger partial charge on any atom is 0.239 e. The monoisotopic (exact) mass is 551 g/mol. The highest BCUT2D eigenvalue weighted by molar-refractivity contribution is 7.91. The maximum absolute atomic E-state index is 13.5. The number of rotatable bonds is 6. The molecule has 3 heterocycles. The number of hydrogen-bond acceptors (Lipinski definition) is 7. The van der Waals surface area contributed by atoms with Gasteiger partial charge < -0.3 is 9.72 Å². The van der Waals surface area contributed by atoms with Gasteiger partial charge in [-0.3, -0.25) is 14.5 Å². The highest BCUT2D eigenvalue weighted by atomic mass is 32.2. The van der Waals surface area contributed by atoms with Crippen LogP contribution in [-0.2, 0) is 14.8 Å². The van der Waals surface area contributed by atoms with Crippen molar-refractivity contribution in [2.75, 3.05) is 0 Å². The number of ether oxygens (including phenoxy) is 1. The largest absolute Gasteiger partial charge is 0.474 e. The van der Waals surface area contributed by atoms with Crippen molar-refractivity contribution in [1.82, 2.24) is 24.7 Å². The lowest BCUT2D eigenvalue weighted by Crippen LogP contribution is -2.45. The third-order valence-electron chi connectivity index (χ3n) is 6.89. The summed E-state index contributed by atoms with van der Waals surface area (Å²) in [5.41, 5.74) is 3.64. The number of H-pyrrole nitrogens is 1. The molecule has 0 bridgehead atoms. The number of imidazole rings is 1. The van der Waals surface area contributed by atoms with Gasteiger partial charge in [0.2, 0.25) is 21.8 Å². The Balaban J connectivity index is 1.16. The Bertz CT molecular complexity index is 1590. The molecule has 2 N–H and O–H groups in total. The van der Waals surface area contributed by atoms with Crippen LogP contribution in [0.3, 0.4) is 0 Å². The fourth-order valence-corrected chi connectivity index (χ4v) is 5.14. The average Bonchev–Trinajstić information content (AvgIpc) is 3.32. The number of halogens is 1. The number of hydrogen-bond donors (Lipinski definition) is 2. The SMILES string of the molecule is CC(C)(C)S(=O)(=O)NC(=O)C1CCC(Oc2ccc(-c3ccc(-c4nc5ccc(F)cc5[nH]4)cn3)cn2)CC1. The minimum atomic E-state index is -3.72. The summed E-state index contributed by atoms with van der Waals surface area (Å²) in [7, 11) is -3.72. The highest BCUT2D eigenvalue weighted by Crippen LogP contribution is 2.29. The van der Waals surface area contributed by atoms with Gasteiger partial charge in [0.25, 0.3) is 0 Å². The predicted molar refractivity (Wildman–Crippen MR) is 146 cm³/mol. The van der Waals surface area contributed by atoms with E-state index in [0.29, 0.717) is 48.4 Å². The summed E-state index contributed by atoms with van der Waals surface area (Å²) >= 11 is 0. The Morgan fingerprint density at radius 3 is 2.36 bits per heavy atom. The second-order valence-electron chi connectivity index (χ2n) is 10.7. The fraction of sp³-hybridized carbons (Fsp3) is 0.357. The first kappa shape index (κ1) is 26.7. The van der Waals surface area contributed by atoms with Gasteiger partial charge in [0.15, 0.2) is 0 Å². The lowest BCUT2D eigenvalue weighted by atomic mass is 9.87. The Labute approximate surface area is 226 Å². The topological polar surface area (TPSA) is 127 Å². The second-order valence-corrected chi connectivity index (χ2v) is 13.2. The van der Waals surface area contributed by atoms with Crippen LogP contribution in [0.2, 0.25) is 0 Å². The van der Waals surface area contributed by atoms with Gasteiger partial charge in [-0.15, -0.1) is 0 Å².